The van der Waals surface area contributed by atoms with E-state index in [2.05, 4.69) is 149 Å². The zero-order valence-corrected chi connectivity index (χ0v) is 64.1. The van der Waals surface area contributed by atoms with E-state index in [-0.39, 0.29) is 25.7 Å². The number of unbranched alkanes of at least 4 members (excludes halogenated alkanes) is 23. The van der Waals surface area contributed by atoms with Gasteiger partial charge in [0.05, 0.1) is 26.4 Å². The average Bonchev–Trinajstić information content (AvgIpc) is 1.05. The Morgan fingerprint density at radius 3 is 0.920 bits per heavy atom. The molecule has 0 heterocycles. The molecule has 5 atom stereocenters. The Bertz CT molecular complexity index is 2420. The summed E-state index contributed by atoms with van der Waals surface area (Å²) in [6, 6.07) is 0. The van der Waals surface area contributed by atoms with Gasteiger partial charge in [0.2, 0.25) is 0 Å². The van der Waals surface area contributed by atoms with Crippen molar-refractivity contribution in [1.29, 1.82) is 0 Å². The van der Waals surface area contributed by atoms with Gasteiger partial charge in [-0.15, -0.1) is 0 Å². The highest BCUT2D eigenvalue weighted by atomic mass is 31.2. The molecule has 0 amide bonds. The predicted molar refractivity (Wildman–Crippen MR) is 408 cm³/mol. The van der Waals surface area contributed by atoms with Gasteiger partial charge in [0.25, 0.3) is 0 Å². The molecular formula is C81H136O17P2. The van der Waals surface area contributed by atoms with Crippen LogP contribution in [0.1, 0.15) is 297 Å². The lowest BCUT2D eigenvalue weighted by Crippen LogP contribution is -2.30. The molecule has 0 aromatic rings. The first-order valence-electron chi connectivity index (χ1n) is 38.4. The SMILES string of the molecule is CC/C=C\C/C=C\C/C=C\C/C=C\C/C=C\CCCC(=O)OC(COC(=O)CCCCCCCC/C=C\C/C=C\C/C=C\CCCCC)COP(=O)(O)OCC(O)COP(=O)(O)OCC(COC(=O)CCCCCCC/C=C\C/C=C\CCC)OC(=O)CCCCCCC/C=C\CCCC. The molecule has 19 heteroatoms. The second kappa shape index (κ2) is 72.5. The van der Waals surface area contributed by atoms with Crippen molar-refractivity contribution in [3.63, 3.8) is 0 Å². The number of aliphatic hydroxyl groups is 1. The molecule has 5 unspecified atom stereocenters. The standard InChI is InChI=1S/C81H136O17P2/c1-5-9-13-17-21-25-29-32-34-36-37-39-40-43-47-50-54-58-62-66-79(84)92-72-77(98-81(86)68-64-60-56-52-48-44-41-38-35-33-30-26-22-18-14-10-6-2)74-96-100(89,90)94-70-75(82)69-93-99(87,88)95-73-76(97-80(85)67-63-59-55-51-45-28-24-20-16-12-8-4)71-91-78(83)65-61-57-53-49-46-42-31-27-23-19-15-11-7-3/h10,14-15,19-22,24-27,31-35,37,39,41,44,52,56,75-77,82H,5-9,11-13,16-18,23,28-30,36,38,40,42-43,45-51,53-55,57-74H2,1-4H3,(H,87,88)(H,89,90)/b14-10-,19-15-,24-20-,25-21-,26-22-,31-27-,34-32-,35-33-,39-37-,44-41-,56-52-. The summed E-state index contributed by atoms with van der Waals surface area (Å²) in [5.41, 5.74) is 0. The summed E-state index contributed by atoms with van der Waals surface area (Å²) in [6.45, 7) is 4.51. The minimum atomic E-state index is -5.00. The molecule has 0 spiro atoms. The number of phosphoric acid groups is 2. The molecule has 0 rings (SSSR count). The van der Waals surface area contributed by atoms with Crippen molar-refractivity contribution in [2.24, 2.45) is 0 Å². The van der Waals surface area contributed by atoms with Gasteiger partial charge < -0.3 is 33.8 Å². The van der Waals surface area contributed by atoms with Crippen molar-refractivity contribution in [3.05, 3.63) is 134 Å². The lowest BCUT2D eigenvalue weighted by atomic mass is 10.1. The lowest BCUT2D eigenvalue weighted by molar-refractivity contribution is -0.161. The van der Waals surface area contributed by atoms with Gasteiger partial charge in [0, 0.05) is 25.7 Å². The molecule has 0 saturated carbocycles. The van der Waals surface area contributed by atoms with E-state index in [1.165, 1.54) is 32.1 Å². The average molecular weight is 1440 g/mol. The summed E-state index contributed by atoms with van der Waals surface area (Å²) in [5.74, 6) is -2.29. The minimum Gasteiger partial charge on any atom is -0.462 e. The van der Waals surface area contributed by atoms with Crippen LogP contribution in [-0.2, 0) is 65.4 Å². The number of rotatable bonds is 71. The Kier molecular flexibility index (Phi) is 69.1. The van der Waals surface area contributed by atoms with Crippen LogP contribution < -0.4 is 0 Å². The molecule has 0 saturated heterocycles. The first-order chi connectivity index (χ1) is 48.7. The predicted octanol–water partition coefficient (Wildman–Crippen LogP) is 22.1. The van der Waals surface area contributed by atoms with Crippen LogP contribution in [0.3, 0.4) is 0 Å². The first kappa shape index (κ1) is 95.2. The zero-order chi connectivity index (χ0) is 73.2. The minimum absolute atomic E-state index is 0.0100. The van der Waals surface area contributed by atoms with Crippen LogP contribution in [0, 0.1) is 0 Å². The Hall–Kier alpha value is -4.80. The highest BCUT2D eigenvalue weighted by Crippen LogP contribution is 2.45. The molecule has 572 valence electrons. The fourth-order valence-corrected chi connectivity index (χ4v) is 11.3. The third kappa shape index (κ3) is 71.6. The van der Waals surface area contributed by atoms with Crippen molar-refractivity contribution < 1.29 is 80.2 Å². The van der Waals surface area contributed by atoms with Gasteiger partial charge in [-0.1, -0.05) is 258 Å². The summed E-state index contributed by atoms with van der Waals surface area (Å²) in [4.78, 5) is 72.8. The van der Waals surface area contributed by atoms with Crippen molar-refractivity contribution >= 4 is 39.5 Å². The number of ether oxygens (including phenoxy) is 4. The topological polar surface area (TPSA) is 237 Å². The number of carbonyl (C=O) groups is 4. The van der Waals surface area contributed by atoms with E-state index in [9.17, 15) is 43.2 Å². The highest BCUT2D eigenvalue weighted by Gasteiger charge is 2.30. The number of allylic oxidation sites excluding steroid dienone is 22. The molecule has 0 aliphatic heterocycles. The molecule has 100 heavy (non-hydrogen) atoms. The number of phosphoric ester groups is 2. The number of carbonyl (C=O) groups excluding carboxylic acids is 4. The molecule has 0 aromatic heterocycles. The van der Waals surface area contributed by atoms with Gasteiger partial charge in [-0.2, -0.15) is 0 Å². The number of esters is 4. The molecular weight excluding hydrogens is 1310 g/mol. The van der Waals surface area contributed by atoms with E-state index in [0.717, 1.165) is 180 Å². The Morgan fingerprint density at radius 2 is 0.560 bits per heavy atom. The van der Waals surface area contributed by atoms with E-state index in [4.69, 9.17) is 37.0 Å². The molecule has 0 aliphatic rings. The van der Waals surface area contributed by atoms with Gasteiger partial charge in [0.1, 0.15) is 19.3 Å². The second-order valence-corrected chi connectivity index (χ2v) is 28.1. The van der Waals surface area contributed by atoms with E-state index in [1.807, 2.05) is 12.2 Å². The molecule has 3 N–H and O–H groups in total. The number of aliphatic hydroxyl groups excluding tert-OH is 1. The van der Waals surface area contributed by atoms with E-state index in [0.29, 0.717) is 32.1 Å². The number of hydrogen-bond donors (Lipinski definition) is 3. The van der Waals surface area contributed by atoms with E-state index < -0.39 is 97.5 Å². The monoisotopic (exact) mass is 1440 g/mol. The van der Waals surface area contributed by atoms with Gasteiger partial charge in [-0.25, -0.2) is 9.13 Å². The van der Waals surface area contributed by atoms with Crippen LogP contribution in [-0.4, -0.2) is 96.7 Å². The van der Waals surface area contributed by atoms with E-state index in [1.54, 1.807) is 0 Å². The van der Waals surface area contributed by atoms with Crippen LogP contribution >= 0.6 is 15.6 Å². The van der Waals surface area contributed by atoms with Crippen molar-refractivity contribution in [3.8, 4) is 0 Å². The maximum absolute atomic E-state index is 13.1. The maximum atomic E-state index is 13.1. The van der Waals surface area contributed by atoms with E-state index >= 15 is 0 Å². The zero-order valence-electron chi connectivity index (χ0n) is 62.3. The fourth-order valence-electron chi connectivity index (χ4n) is 9.69. The number of hydrogen-bond acceptors (Lipinski definition) is 15. The van der Waals surface area contributed by atoms with Gasteiger partial charge in [-0.05, 0) is 148 Å². The lowest BCUT2D eigenvalue weighted by Gasteiger charge is -2.21. The van der Waals surface area contributed by atoms with Crippen LogP contribution in [0.25, 0.3) is 0 Å². The molecule has 17 nitrogen and oxygen atoms in total. The van der Waals surface area contributed by atoms with Gasteiger partial charge in [-0.3, -0.25) is 37.3 Å². The quantitative estimate of drug-likeness (QED) is 0.0169. The summed E-state index contributed by atoms with van der Waals surface area (Å²) in [6.07, 6.45) is 80.3. The summed E-state index contributed by atoms with van der Waals surface area (Å²) in [7, 11) is -9.98. The smallest absolute Gasteiger partial charge is 0.462 e. The highest BCUT2D eigenvalue weighted by molar-refractivity contribution is 7.47. The molecule has 0 radical (unpaired) electrons. The molecule has 0 aromatic carbocycles. The Morgan fingerprint density at radius 1 is 0.290 bits per heavy atom. The maximum Gasteiger partial charge on any atom is 0.472 e. The van der Waals surface area contributed by atoms with Gasteiger partial charge in [0.15, 0.2) is 12.2 Å². The third-order valence-corrected chi connectivity index (χ3v) is 17.5. The second-order valence-electron chi connectivity index (χ2n) is 25.2. The van der Waals surface area contributed by atoms with Crippen molar-refractivity contribution in [2.45, 2.75) is 316 Å². The normalized spacial score (nSPS) is 14.7. The molecule has 0 fully saturated rings. The third-order valence-electron chi connectivity index (χ3n) is 15.5. The van der Waals surface area contributed by atoms with Crippen molar-refractivity contribution in [2.75, 3.05) is 39.6 Å². The van der Waals surface area contributed by atoms with Crippen LogP contribution in [0.4, 0.5) is 0 Å². The Balaban J connectivity index is 5.41. The first-order valence-corrected chi connectivity index (χ1v) is 41.4. The van der Waals surface area contributed by atoms with Crippen molar-refractivity contribution in [1.82, 2.24) is 0 Å². The summed E-state index contributed by atoms with van der Waals surface area (Å²) in [5, 5.41) is 10.6. The summed E-state index contributed by atoms with van der Waals surface area (Å²) < 4.78 is 68.4. The largest absolute Gasteiger partial charge is 0.472 e. The van der Waals surface area contributed by atoms with Gasteiger partial charge >= 0.3 is 39.5 Å². The molecule has 0 bridgehead atoms. The van der Waals surface area contributed by atoms with Crippen LogP contribution in [0.5, 0.6) is 0 Å². The Labute approximate surface area is 605 Å². The molecule has 0 aliphatic carbocycles. The van der Waals surface area contributed by atoms with Crippen LogP contribution in [0.2, 0.25) is 0 Å². The fraction of sp³-hybridized carbons (Fsp3) is 0.679. The van der Waals surface area contributed by atoms with Crippen LogP contribution in [0.15, 0.2) is 134 Å². The summed E-state index contributed by atoms with van der Waals surface area (Å²) >= 11 is 0.